The molecular formula is C20H31N7O3. The summed E-state index contributed by atoms with van der Waals surface area (Å²) in [5.41, 5.74) is 1.31. The predicted molar refractivity (Wildman–Crippen MR) is 108 cm³/mol. The fourth-order valence-corrected chi connectivity index (χ4v) is 4.86. The van der Waals surface area contributed by atoms with Crippen molar-refractivity contribution >= 4 is 5.91 Å². The summed E-state index contributed by atoms with van der Waals surface area (Å²) in [4.78, 5) is 17.7. The predicted octanol–water partition coefficient (Wildman–Crippen LogP) is 1.08. The molecule has 2 aromatic rings. The second kappa shape index (κ2) is 8.81. The molecule has 2 aliphatic rings. The highest BCUT2D eigenvalue weighted by Crippen LogP contribution is 2.38. The Bertz CT molecular complexity index is 854. The van der Waals surface area contributed by atoms with Gasteiger partial charge in [-0.3, -0.25) is 9.69 Å². The lowest BCUT2D eigenvalue weighted by Crippen LogP contribution is -2.58. The Kier molecular flexibility index (Phi) is 6.14. The molecule has 1 amide bonds. The number of methoxy groups -OCH3 is 1. The number of nitrogens with zero attached hydrogens (tertiary/aromatic N) is 7. The molecule has 0 bridgehead atoms. The van der Waals surface area contributed by atoms with Gasteiger partial charge in [0.1, 0.15) is 11.3 Å². The number of likely N-dealkylation sites (tertiary alicyclic amines) is 2. The summed E-state index contributed by atoms with van der Waals surface area (Å²) in [5.74, 6) is 1.66. The van der Waals surface area contributed by atoms with E-state index in [1.165, 1.54) is 0 Å². The summed E-state index contributed by atoms with van der Waals surface area (Å²) in [6.07, 6.45) is 4.49. The normalized spacial score (nSPS) is 22.7. The third-order valence-electron chi connectivity index (χ3n) is 6.50. The van der Waals surface area contributed by atoms with Crippen LogP contribution in [0.1, 0.15) is 48.5 Å². The van der Waals surface area contributed by atoms with Gasteiger partial charge in [-0.15, -0.1) is 5.10 Å². The van der Waals surface area contributed by atoms with Crippen LogP contribution >= 0.6 is 0 Å². The largest absolute Gasteiger partial charge is 0.383 e. The van der Waals surface area contributed by atoms with Gasteiger partial charge < -0.3 is 14.2 Å². The number of ether oxygens (including phenoxy) is 1. The summed E-state index contributed by atoms with van der Waals surface area (Å²) in [6.45, 7) is 8.24. The van der Waals surface area contributed by atoms with Crippen LogP contribution in [0, 0.1) is 13.8 Å². The van der Waals surface area contributed by atoms with Gasteiger partial charge in [-0.05, 0) is 63.0 Å². The highest BCUT2D eigenvalue weighted by molar-refractivity contribution is 5.79. The molecule has 164 valence electrons. The fourth-order valence-electron chi connectivity index (χ4n) is 4.86. The minimum atomic E-state index is -0.361. The van der Waals surface area contributed by atoms with E-state index < -0.39 is 0 Å². The van der Waals surface area contributed by atoms with E-state index in [0.717, 1.165) is 62.4 Å². The lowest BCUT2D eigenvalue weighted by molar-refractivity contribution is -0.135. The minimum Gasteiger partial charge on any atom is -0.383 e. The Hall–Kier alpha value is -2.33. The third kappa shape index (κ3) is 3.85. The van der Waals surface area contributed by atoms with E-state index in [1.807, 2.05) is 23.4 Å². The van der Waals surface area contributed by atoms with E-state index in [2.05, 4.69) is 25.6 Å². The molecule has 0 saturated carbocycles. The summed E-state index contributed by atoms with van der Waals surface area (Å²) >= 11 is 0. The summed E-state index contributed by atoms with van der Waals surface area (Å²) in [7, 11) is 1.68. The van der Waals surface area contributed by atoms with E-state index in [9.17, 15) is 4.79 Å². The molecule has 0 aliphatic carbocycles. The van der Waals surface area contributed by atoms with Crippen molar-refractivity contribution in [3.63, 3.8) is 0 Å². The first-order valence-electron chi connectivity index (χ1n) is 10.8. The average Bonchev–Trinajstić information content (AvgIpc) is 3.51. The highest BCUT2D eigenvalue weighted by Gasteiger charge is 2.48. The van der Waals surface area contributed by atoms with Crippen molar-refractivity contribution in [1.29, 1.82) is 0 Å². The second-order valence-electron chi connectivity index (χ2n) is 8.34. The molecule has 2 fully saturated rings. The van der Waals surface area contributed by atoms with E-state index in [4.69, 9.17) is 9.26 Å². The first kappa shape index (κ1) is 20.9. The van der Waals surface area contributed by atoms with Crippen LogP contribution in [-0.4, -0.2) is 81.0 Å². The number of aromatic nitrogens is 5. The number of amides is 1. The zero-order valence-corrected chi connectivity index (χ0v) is 18.1. The van der Waals surface area contributed by atoms with Crippen molar-refractivity contribution in [1.82, 2.24) is 35.2 Å². The first-order chi connectivity index (χ1) is 14.5. The van der Waals surface area contributed by atoms with E-state index in [1.54, 1.807) is 7.11 Å². The number of hydrogen-bond acceptors (Lipinski definition) is 8. The van der Waals surface area contributed by atoms with Crippen molar-refractivity contribution in [3.05, 3.63) is 22.8 Å². The van der Waals surface area contributed by atoms with Gasteiger partial charge in [0.25, 0.3) is 0 Å². The number of hydrogen-bond donors (Lipinski definition) is 0. The standard InChI is InChI=1S/C20H31N7O3/c1-15-17(16(2)30-22-15)13-18(28)25-8-6-7-20(14-25,26-9-4-5-10-26)19-21-23-24-27(19)11-12-29-3/h4-14H2,1-3H3. The molecule has 4 rings (SSSR count). The van der Waals surface area contributed by atoms with Gasteiger partial charge in [0, 0.05) is 25.8 Å². The quantitative estimate of drug-likeness (QED) is 0.659. The van der Waals surface area contributed by atoms with Gasteiger partial charge in [0.05, 0.1) is 25.3 Å². The van der Waals surface area contributed by atoms with Gasteiger partial charge in [0.2, 0.25) is 5.91 Å². The molecule has 4 heterocycles. The van der Waals surface area contributed by atoms with Gasteiger partial charge in [0.15, 0.2) is 5.82 Å². The summed E-state index contributed by atoms with van der Waals surface area (Å²) in [5, 5.41) is 16.6. The fraction of sp³-hybridized carbons (Fsp3) is 0.750. The van der Waals surface area contributed by atoms with Crippen LogP contribution in [-0.2, 0) is 28.0 Å². The van der Waals surface area contributed by atoms with E-state index >= 15 is 0 Å². The number of rotatable bonds is 7. The Labute approximate surface area is 176 Å². The summed E-state index contributed by atoms with van der Waals surface area (Å²) in [6, 6.07) is 0. The lowest BCUT2D eigenvalue weighted by Gasteiger charge is -2.47. The SMILES string of the molecule is COCCn1nnnc1C1(N2CCCC2)CCCN(C(=O)Cc2c(C)noc2C)C1. The monoisotopic (exact) mass is 417 g/mol. The van der Waals surface area contributed by atoms with Crippen LogP contribution in [0.25, 0.3) is 0 Å². The van der Waals surface area contributed by atoms with Gasteiger partial charge in [-0.1, -0.05) is 5.16 Å². The molecule has 2 saturated heterocycles. The van der Waals surface area contributed by atoms with Crippen LogP contribution < -0.4 is 0 Å². The zero-order chi connectivity index (χ0) is 21.1. The van der Waals surface area contributed by atoms with Crippen LogP contribution in [0.3, 0.4) is 0 Å². The zero-order valence-electron chi connectivity index (χ0n) is 18.1. The molecule has 1 atom stereocenters. The first-order valence-corrected chi connectivity index (χ1v) is 10.8. The Morgan fingerprint density at radius 3 is 2.70 bits per heavy atom. The van der Waals surface area contributed by atoms with Crippen molar-refractivity contribution in [2.45, 2.75) is 58.0 Å². The Morgan fingerprint density at radius 2 is 2.00 bits per heavy atom. The summed E-state index contributed by atoms with van der Waals surface area (Å²) < 4.78 is 12.3. The lowest BCUT2D eigenvalue weighted by atomic mass is 9.85. The number of carbonyl (C=O) groups excluding carboxylic acids is 1. The van der Waals surface area contributed by atoms with Gasteiger partial charge in [-0.2, -0.15) is 0 Å². The molecule has 2 aliphatic heterocycles. The maximum Gasteiger partial charge on any atom is 0.227 e. The maximum atomic E-state index is 13.3. The number of aryl methyl sites for hydroxylation is 2. The number of piperidine rings is 1. The molecule has 2 aromatic heterocycles. The van der Waals surface area contributed by atoms with Crippen LogP contribution in [0.2, 0.25) is 0 Å². The highest BCUT2D eigenvalue weighted by atomic mass is 16.5. The number of carbonyl (C=O) groups is 1. The number of tetrazole rings is 1. The molecule has 0 spiro atoms. The van der Waals surface area contributed by atoms with Gasteiger partial charge >= 0.3 is 0 Å². The second-order valence-corrected chi connectivity index (χ2v) is 8.34. The van der Waals surface area contributed by atoms with Gasteiger partial charge in [-0.25, -0.2) is 4.68 Å². The van der Waals surface area contributed by atoms with Crippen molar-refractivity contribution in [2.75, 3.05) is 39.9 Å². The van der Waals surface area contributed by atoms with Crippen LogP contribution in [0.5, 0.6) is 0 Å². The molecule has 0 aromatic carbocycles. The third-order valence-corrected chi connectivity index (χ3v) is 6.50. The molecule has 0 N–H and O–H groups in total. The Morgan fingerprint density at radius 1 is 1.20 bits per heavy atom. The minimum absolute atomic E-state index is 0.101. The average molecular weight is 418 g/mol. The van der Waals surface area contributed by atoms with Crippen molar-refractivity contribution in [2.24, 2.45) is 0 Å². The van der Waals surface area contributed by atoms with Crippen molar-refractivity contribution in [3.8, 4) is 0 Å². The molecule has 0 radical (unpaired) electrons. The molecular weight excluding hydrogens is 386 g/mol. The Balaban J connectivity index is 1.61. The molecule has 1 unspecified atom stereocenters. The topological polar surface area (TPSA) is 102 Å². The van der Waals surface area contributed by atoms with Crippen molar-refractivity contribution < 1.29 is 14.1 Å². The van der Waals surface area contributed by atoms with E-state index in [-0.39, 0.29) is 11.4 Å². The molecule has 30 heavy (non-hydrogen) atoms. The maximum absolute atomic E-state index is 13.3. The van der Waals surface area contributed by atoms with Crippen LogP contribution in [0.15, 0.2) is 4.52 Å². The van der Waals surface area contributed by atoms with E-state index in [0.29, 0.717) is 31.9 Å². The smallest absolute Gasteiger partial charge is 0.227 e. The molecule has 10 heteroatoms. The van der Waals surface area contributed by atoms with Crippen LogP contribution in [0.4, 0.5) is 0 Å². The molecule has 10 nitrogen and oxygen atoms in total.